The van der Waals surface area contributed by atoms with Gasteiger partial charge in [-0.3, -0.25) is 0 Å². The van der Waals surface area contributed by atoms with Gasteiger partial charge in [0.25, 0.3) is 0 Å². The Labute approximate surface area is 77.4 Å². The van der Waals surface area contributed by atoms with Crippen LogP contribution in [0.4, 0.5) is 0 Å². The minimum Gasteiger partial charge on any atom is -0.550 e. The number of hydrogen-bond acceptors (Lipinski definition) is 4. The van der Waals surface area contributed by atoms with Crippen molar-refractivity contribution in [2.75, 3.05) is 0 Å². The molecule has 0 saturated carbocycles. The van der Waals surface area contributed by atoms with E-state index in [1.165, 1.54) is 0 Å². The maximum atomic E-state index is 9.66. The third-order valence-corrected chi connectivity index (χ3v) is 0.762. The fraction of sp³-hybridized carbons (Fsp3) is 0.600. The Hall–Kier alpha value is -0.177. The summed E-state index contributed by atoms with van der Waals surface area (Å²) in [4.78, 5) is 19.3. The first-order valence-corrected chi connectivity index (χ1v) is 2.52. The zero-order chi connectivity index (χ0) is 7.28. The normalized spacial score (nSPS) is 8.00. The molecule has 0 saturated heterocycles. The fourth-order valence-electron chi connectivity index (χ4n) is 0.377. The Morgan fingerprint density at radius 1 is 1.00 bits per heavy atom. The molecule has 0 aromatic carbocycles. The monoisotopic (exact) mass is 220 g/mol. The summed E-state index contributed by atoms with van der Waals surface area (Å²) in [7, 11) is 0. The van der Waals surface area contributed by atoms with Gasteiger partial charge in [-0.05, 0) is 19.3 Å². The molecule has 0 rings (SSSR count). The average molecular weight is 221 g/mol. The van der Waals surface area contributed by atoms with E-state index in [1.54, 1.807) is 0 Å². The van der Waals surface area contributed by atoms with Crippen LogP contribution in [0.5, 0.6) is 0 Å². The van der Waals surface area contributed by atoms with E-state index >= 15 is 0 Å². The third kappa shape index (κ3) is 10.7. The Morgan fingerprint density at radius 2 is 1.30 bits per heavy atom. The molecule has 0 N–H and O–H groups in total. The van der Waals surface area contributed by atoms with Crippen LogP contribution < -0.4 is 10.2 Å². The van der Waals surface area contributed by atoms with Gasteiger partial charge < -0.3 is 19.8 Å². The van der Waals surface area contributed by atoms with Crippen molar-refractivity contribution in [1.82, 2.24) is 0 Å². The molecule has 0 aromatic rings. The Bertz CT molecular complexity index is 109. The van der Waals surface area contributed by atoms with Crippen LogP contribution in [0.2, 0.25) is 0 Å². The molecular weight excluding hydrogens is 215 g/mol. The third-order valence-electron chi connectivity index (χ3n) is 0.762. The van der Waals surface area contributed by atoms with Gasteiger partial charge in [-0.2, -0.15) is 0 Å². The van der Waals surface area contributed by atoms with E-state index in [0.717, 1.165) is 0 Å². The Morgan fingerprint density at radius 3 is 1.50 bits per heavy atom. The number of carbonyl (C=O) groups is 2. The van der Waals surface area contributed by atoms with Crippen LogP contribution in [-0.4, -0.2) is 11.9 Å². The zero-order valence-electron chi connectivity index (χ0n) is 5.25. The minimum absolute atomic E-state index is 0. The predicted octanol–water partition coefficient (Wildman–Crippen LogP) is -2.35. The maximum Gasteiger partial charge on any atom is 2.00 e. The topological polar surface area (TPSA) is 80.3 Å². The molecule has 0 heterocycles. The molecule has 5 heteroatoms. The standard InChI is InChI=1S/C5H8O4.Zr/c6-4(7)2-1-3-5(8)9;/h1-3H2,(H,6,7)(H,8,9);/q;+2/p-2. The summed E-state index contributed by atoms with van der Waals surface area (Å²) in [6.45, 7) is 0. The van der Waals surface area contributed by atoms with Crippen LogP contribution in [0.25, 0.3) is 0 Å². The van der Waals surface area contributed by atoms with Crippen molar-refractivity contribution in [3.63, 3.8) is 0 Å². The van der Waals surface area contributed by atoms with Gasteiger partial charge in [0.1, 0.15) is 0 Å². The molecule has 0 bridgehead atoms. The number of carboxylic acid groups (broad SMARTS) is 2. The Kier molecular flexibility index (Phi) is 8.67. The summed E-state index contributed by atoms with van der Waals surface area (Å²) >= 11 is 0. The molecule has 0 fully saturated rings. The number of carboxylic acids is 2. The van der Waals surface area contributed by atoms with E-state index in [0.29, 0.717) is 0 Å². The fourth-order valence-corrected chi connectivity index (χ4v) is 0.377. The van der Waals surface area contributed by atoms with E-state index in [1.807, 2.05) is 0 Å². The van der Waals surface area contributed by atoms with Gasteiger partial charge in [-0.15, -0.1) is 0 Å². The molecule has 0 atom stereocenters. The van der Waals surface area contributed by atoms with Crippen molar-refractivity contribution in [3.05, 3.63) is 0 Å². The van der Waals surface area contributed by atoms with E-state index in [4.69, 9.17) is 0 Å². The van der Waals surface area contributed by atoms with Crippen molar-refractivity contribution in [1.29, 1.82) is 0 Å². The number of hydrogen-bond donors (Lipinski definition) is 0. The van der Waals surface area contributed by atoms with Crippen molar-refractivity contribution < 1.29 is 46.0 Å². The molecule has 0 radical (unpaired) electrons. The van der Waals surface area contributed by atoms with Crippen molar-refractivity contribution in [2.24, 2.45) is 0 Å². The van der Waals surface area contributed by atoms with Gasteiger partial charge in [-0.1, -0.05) is 0 Å². The zero-order valence-corrected chi connectivity index (χ0v) is 7.71. The summed E-state index contributed by atoms with van der Waals surface area (Å²) in [5, 5.41) is 19.3. The second kappa shape index (κ2) is 6.94. The molecule has 0 unspecified atom stereocenters. The van der Waals surface area contributed by atoms with E-state index in [9.17, 15) is 19.8 Å². The summed E-state index contributed by atoms with van der Waals surface area (Å²) in [6, 6.07) is 0. The summed E-state index contributed by atoms with van der Waals surface area (Å²) < 4.78 is 0. The van der Waals surface area contributed by atoms with Crippen LogP contribution in [0.1, 0.15) is 19.3 Å². The molecule has 0 aliphatic heterocycles. The summed E-state index contributed by atoms with van der Waals surface area (Å²) in [5.41, 5.74) is 0. The maximum absolute atomic E-state index is 9.66. The SMILES string of the molecule is O=C([O-])CCCC(=O)[O-].[Zr+2]. The first-order valence-electron chi connectivity index (χ1n) is 2.52. The van der Waals surface area contributed by atoms with Crippen molar-refractivity contribution in [3.8, 4) is 0 Å². The molecule has 0 aromatic heterocycles. The number of aliphatic carboxylic acids is 2. The van der Waals surface area contributed by atoms with E-state index in [-0.39, 0.29) is 45.5 Å². The molecular formula is C5H6O4Zr. The van der Waals surface area contributed by atoms with E-state index in [2.05, 4.69) is 0 Å². The molecule has 0 aliphatic carbocycles. The predicted molar refractivity (Wildman–Crippen MR) is 23.9 cm³/mol. The molecule has 4 nitrogen and oxygen atoms in total. The van der Waals surface area contributed by atoms with Crippen LogP contribution >= 0.6 is 0 Å². The molecule has 0 amide bonds. The van der Waals surface area contributed by atoms with Gasteiger partial charge in [-0.25, -0.2) is 0 Å². The largest absolute Gasteiger partial charge is 2.00 e. The van der Waals surface area contributed by atoms with Gasteiger partial charge in [0.15, 0.2) is 0 Å². The van der Waals surface area contributed by atoms with Gasteiger partial charge >= 0.3 is 26.2 Å². The summed E-state index contributed by atoms with van der Waals surface area (Å²) in [6.07, 6.45) is -0.341. The quantitative estimate of drug-likeness (QED) is 0.532. The summed E-state index contributed by atoms with van der Waals surface area (Å²) in [5.74, 6) is -2.45. The first-order chi connectivity index (χ1) is 4.13. The van der Waals surface area contributed by atoms with Gasteiger partial charge in [0.2, 0.25) is 0 Å². The average Bonchev–Trinajstić information content (AvgIpc) is 1.63. The van der Waals surface area contributed by atoms with Gasteiger partial charge in [0, 0.05) is 11.9 Å². The van der Waals surface area contributed by atoms with Crippen molar-refractivity contribution >= 4 is 11.9 Å². The van der Waals surface area contributed by atoms with Crippen LogP contribution in [0.15, 0.2) is 0 Å². The molecule has 10 heavy (non-hydrogen) atoms. The van der Waals surface area contributed by atoms with Crippen LogP contribution in [-0.2, 0) is 35.8 Å². The van der Waals surface area contributed by atoms with E-state index < -0.39 is 11.9 Å². The molecule has 54 valence electrons. The molecule has 0 aliphatic rings. The van der Waals surface area contributed by atoms with Gasteiger partial charge in [0.05, 0.1) is 0 Å². The van der Waals surface area contributed by atoms with Crippen LogP contribution in [0, 0.1) is 0 Å². The minimum atomic E-state index is -1.23. The second-order valence-corrected chi connectivity index (χ2v) is 1.60. The number of rotatable bonds is 4. The number of carbonyl (C=O) groups excluding carboxylic acids is 2. The second-order valence-electron chi connectivity index (χ2n) is 1.60. The first kappa shape index (κ1) is 12.5. The van der Waals surface area contributed by atoms with Crippen LogP contribution in [0.3, 0.4) is 0 Å². The smallest absolute Gasteiger partial charge is 0.550 e. The Balaban J connectivity index is 0. The van der Waals surface area contributed by atoms with Crippen molar-refractivity contribution in [2.45, 2.75) is 19.3 Å². The molecule has 0 spiro atoms.